The summed E-state index contributed by atoms with van der Waals surface area (Å²) in [7, 11) is 0. The second-order valence-electron chi connectivity index (χ2n) is 9.75. The third kappa shape index (κ3) is 5.81. The number of amides is 1. The molecule has 1 fully saturated rings. The summed E-state index contributed by atoms with van der Waals surface area (Å²) in [6.07, 6.45) is 7.14. The van der Waals surface area contributed by atoms with E-state index < -0.39 is 16.9 Å². The lowest BCUT2D eigenvalue weighted by molar-refractivity contribution is 0.0950. The van der Waals surface area contributed by atoms with Crippen molar-refractivity contribution < 1.29 is 9.18 Å². The van der Waals surface area contributed by atoms with E-state index >= 15 is 0 Å². The third-order valence-corrected chi connectivity index (χ3v) is 7.50. The van der Waals surface area contributed by atoms with E-state index in [0.29, 0.717) is 5.69 Å². The Bertz CT molecular complexity index is 1320. The third-order valence-electron chi connectivity index (χ3n) is 6.34. The normalized spacial score (nSPS) is 13.5. The standard InChI is InChI=1S/C28H33FN4O2S/c1-5-6-15-36-24-10-8-7-9-21(24)28(3,4)32-25-27(35)33(14-13-30-25)23-17-19(16-22(29)18(23)2)26(34)31-20-11-12-20/h7-10,13-14,16-17,20H,5-6,11-12,15H2,1-4H3,(H,30,32)(H,31,34). The molecule has 1 aromatic heterocycles. The molecular weight excluding hydrogens is 475 g/mol. The fourth-order valence-corrected chi connectivity index (χ4v) is 5.33. The van der Waals surface area contributed by atoms with Gasteiger partial charge in [0, 0.05) is 34.5 Å². The Labute approximate surface area is 215 Å². The van der Waals surface area contributed by atoms with Gasteiger partial charge in [0.25, 0.3) is 11.5 Å². The number of hydrogen-bond acceptors (Lipinski definition) is 5. The minimum absolute atomic E-state index is 0.148. The number of thioether (sulfide) groups is 1. The van der Waals surface area contributed by atoms with Gasteiger partial charge in [0.15, 0.2) is 5.82 Å². The van der Waals surface area contributed by atoms with Crippen LogP contribution in [0.3, 0.4) is 0 Å². The zero-order valence-electron chi connectivity index (χ0n) is 21.2. The Morgan fingerprint density at radius 2 is 2.00 bits per heavy atom. The Hall–Kier alpha value is -3.13. The lowest BCUT2D eigenvalue weighted by Gasteiger charge is -2.29. The van der Waals surface area contributed by atoms with Gasteiger partial charge in [-0.3, -0.25) is 14.2 Å². The quantitative estimate of drug-likeness (QED) is 0.267. The second-order valence-corrected chi connectivity index (χ2v) is 10.9. The number of anilines is 1. The molecule has 0 atom stereocenters. The van der Waals surface area contributed by atoms with Crippen molar-refractivity contribution in [1.82, 2.24) is 14.9 Å². The molecular formula is C28H33FN4O2S. The smallest absolute Gasteiger partial charge is 0.297 e. The molecule has 8 heteroatoms. The number of hydrogen-bond donors (Lipinski definition) is 2. The largest absolute Gasteiger partial charge is 0.356 e. The van der Waals surface area contributed by atoms with Crippen molar-refractivity contribution in [3.05, 3.63) is 81.7 Å². The monoisotopic (exact) mass is 508 g/mol. The van der Waals surface area contributed by atoms with Crippen LogP contribution in [0.4, 0.5) is 10.2 Å². The molecule has 36 heavy (non-hydrogen) atoms. The summed E-state index contributed by atoms with van der Waals surface area (Å²) in [4.78, 5) is 31.6. The van der Waals surface area contributed by atoms with Crippen LogP contribution in [0.5, 0.6) is 0 Å². The number of nitrogens with zero attached hydrogens (tertiary/aromatic N) is 2. The minimum atomic E-state index is -0.590. The summed E-state index contributed by atoms with van der Waals surface area (Å²) in [5, 5.41) is 6.19. The number of carbonyl (C=O) groups excluding carboxylic acids is 1. The number of benzene rings is 2. The van der Waals surface area contributed by atoms with Crippen LogP contribution in [0.1, 0.15) is 67.9 Å². The van der Waals surface area contributed by atoms with Crippen molar-refractivity contribution in [3.63, 3.8) is 0 Å². The summed E-state index contributed by atoms with van der Waals surface area (Å²) in [5.41, 5.74) is 0.867. The lowest BCUT2D eigenvalue weighted by Crippen LogP contribution is -2.34. The topological polar surface area (TPSA) is 76.0 Å². The molecule has 1 amide bonds. The van der Waals surface area contributed by atoms with E-state index in [9.17, 15) is 14.0 Å². The average Bonchev–Trinajstić information content (AvgIpc) is 3.66. The van der Waals surface area contributed by atoms with Crippen LogP contribution in [0, 0.1) is 12.7 Å². The first kappa shape index (κ1) is 25.9. The second kappa shape index (κ2) is 10.9. The first-order chi connectivity index (χ1) is 17.2. The summed E-state index contributed by atoms with van der Waals surface area (Å²) in [5.74, 6) is 0.306. The molecule has 0 unspecified atom stereocenters. The molecule has 2 aromatic carbocycles. The van der Waals surface area contributed by atoms with E-state index in [1.54, 1.807) is 24.8 Å². The molecule has 4 rings (SSSR count). The van der Waals surface area contributed by atoms with Gasteiger partial charge in [0.2, 0.25) is 0 Å². The highest BCUT2D eigenvalue weighted by Gasteiger charge is 2.27. The molecule has 0 aliphatic heterocycles. The summed E-state index contributed by atoms with van der Waals surface area (Å²) < 4.78 is 16.2. The van der Waals surface area contributed by atoms with Crippen molar-refractivity contribution in [2.45, 2.75) is 69.9 Å². The van der Waals surface area contributed by atoms with E-state index in [0.717, 1.165) is 41.9 Å². The maximum Gasteiger partial charge on any atom is 0.297 e. The predicted octanol–water partition coefficient (Wildman–Crippen LogP) is 5.81. The van der Waals surface area contributed by atoms with Gasteiger partial charge in [0.05, 0.1) is 11.2 Å². The van der Waals surface area contributed by atoms with Gasteiger partial charge in [-0.05, 0) is 69.5 Å². The highest BCUT2D eigenvalue weighted by molar-refractivity contribution is 7.99. The lowest BCUT2D eigenvalue weighted by atomic mass is 9.94. The minimum Gasteiger partial charge on any atom is -0.356 e. The van der Waals surface area contributed by atoms with Crippen LogP contribution in [0.15, 0.2) is 58.5 Å². The molecule has 0 radical (unpaired) electrons. The number of halogens is 1. The Kier molecular flexibility index (Phi) is 7.83. The SMILES string of the molecule is CCCCSc1ccccc1C(C)(C)Nc1nccn(-c2cc(C(=O)NC3CC3)cc(F)c2C)c1=O. The maximum atomic E-state index is 14.8. The van der Waals surface area contributed by atoms with E-state index in [4.69, 9.17) is 0 Å². The molecule has 1 aliphatic rings. The van der Waals surface area contributed by atoms with Gasteiger partial charge < -0.3 is 10.6 Å². The molecule has 6 nitrogen and oxygen atoms in total. The van der Waals surface area contributed by atoms with Gasteiger partial charge >= 0.3 is 0 Å². The first-order valence-electron chi connectivity index (χ1n) is 12.4. The van der Waals surface area contributed by atoms with Crippen LogP contribution >= 0.6 is 11.8 Å². The van der Waals surface area contributed by atoms with Crippen LogP contribution in [-0.2, 0) is 5.54 Å². The average molecular weight is 509 g/mol. The summed E-state index contributed by atoms with van der Waals surface area (Å²) >= 11 is 1.81. The van der Waals surface area contributed by atoms with Gasteiger partial charge in [-0.2, -0.15) is 0 Å². The van der Waals surface area contributed by atoms with Crippen LogP contribution < -0.4 is 16.2 Å². The number of unbranched alkanes of at least 4 members (excludes halogenated alkanes) is 1. The molecule has 0 bridgehead atoms. The van der Waals surface area contributed by atoms with Crippen molar-refractivity contribution in [1.29, 1.82) is 0 Å². The number of carbonyl (C=O) groups is 1. The molecule has 0 spiro atoms. The fraction of sp³-hybridized carbons (Fsp3) is 0.393. The molecule has 0 saturated heterocycles. The zero-order chi connectivity index (χ0) is 25.9. The Balaban J connectivity index is 1.67. The highest BCUT2D eigenvalue weighted by atomic mass is 32.2. The number of rotatable bonds is 10. The maximum absolute atomic E-state index is 14.8. The number of nitrogens with one attached hydrogen (secondary N) is 2. The first-order valence-corrected chi connectivity index (χ1v) is 13.4. The number of aromatic nitrogens is 2. The molecule has 2 N–H and O–H groups in total. The van der Waals surface area contributed by atoms with Gasteiger partial charge in [-0.25, -0.2) is 9.37 Å². The predicted molar refractivity (Wildman–Crippen MR) is 144 cm³/mol. The Morgan fingerprint density at radius 3 is 2.72 bits per heavy atom. The Morgan fingerprint density at radius 1 is 1.25 bits per heavy atom. The van der Waals surface area contributed by atoms with Crippen molar-refractivity contribution in [3.8, 4) is 5.69 Å². The van der Waals surface area contributed by atoms with Gasteiger partial charge in [-0.1, -0.05) is 31.5 Å². The molecule has 1 heterocycles. The van der Waals surface area contributed by atoms with Crippen molar-refractivity contribution in [2.75, 3.05) is 11.1 Å². The van der Waals surface area contributed by atoms with Gasteiger partial charge in [-0.15, -0.1) is 11.8 Å². The zero-order valence-corrected chi connectivity index (χ0v) is 22.0. The molecule has 1 aliphatic carbocycles. The fourth-order valence-electron chi connectivity index (χ4n) is 4.03. The van der Waals surface area contributed by atoms with Gasteiger partial charge in [0.1, 0.15) is 5.82 Å². The highest BCUT2D eigenvalue weighted by Crippen LogP contribution is 2.33. The van der Waals surface area contributed by atoms with Crippen LogP contribution in [0.25, 0.3) is 5.69 Å². The van der Waals surface area contributed by atoms with E-state index in [-0.39, 0.29) is 28.9 Å². The molecule has 1 saturated carbocycles. The summed E-state index contributed by atoms with van der Waals surface area (Å²) in [6.45, 7) is 7.80. The molecule has 190 valence electrons. The molecule has 3 aromatic rings. The summed E-state index contributed by atoms with van der Waals surface area (Å²) in [6, 6.07) is 11.1. The van der Waals surface area contributed by atoms with Crippen molar-refractivity contribution in [2.24, 2.45) is 0 Å². The van der Waals surface area contributed by atoms with E-state index in [1.807, 2.05) is 26.0 Å². The van der Waals surface area contributed by atoms with E-state index in [2.05, 4.69) is 34.7 Å². The van der Waals surface area contributed by atoms with Crippen molar-refractivity contribution >= 4 is 23.5 Å². The van der Waals surface area contributed by atoms with E-state index in [1.165, 1.54) is 23.0 Å². The van der Waals surface area contributed by atoms with Crippen LogP contribution in [-0.4, -0.2) is 27.3 Å². The van der Waals surface area contributed by atoms with Crippen LogP contribution in [0.2, 0.25) is 0 Å².